The van der Waals surface area contributed by atoms with Crippen LogP contribution >= 0.6 is 0 Å². The van der Waals surface area contributed by atoms with E-state index in [4.69, 9.17) is 5.11 Å². The molecule has 74 valence electrons. The second-order valence-corrected chi connectivity index (χ2v) is 3.38. The first-order valence-electron chi connectivity index (χ1n) is 4.55. The fourth-order valence-electron chi connectivity index (χ4n) is 1.08. The van der Waals surface area contributed by atoms with E-state index in [1.807, 2.05) is 31.2 Å². The minimum atomic E-state index is -0.850. The van der Waals surface area contributed by atoms with Crippen LogP contribution in [0.4, 0.5) is 0 Å². The maximum Gasteiger partial charge on any atom is 0.330 e. The van der Waals surface area contributed by atoms with E-state index in [9.17, 15) is 4.79 Å². The van der Waals surface area contributed by atoms with Crippen LogP contribution in [0.15, 0.2) is 35.9 Å². The molecule has 0 amide bonds. The van der Waals surface area contributed by atoms with E-state index in [0.29, 0.717) is 12.0 Å². The smallest absolute Gasteiger partial charge is 0.330 e. The lowest BCUT2D eigenvalue weighted by molar-refractivity contribution is -0.132. The van der Waals surface area contributed by atoms with E-state index >= 15 is 0 Å². The predicted octanol–water partition coefficient (Wildman–Crippen LogP) is 2.57. The molecule has 0 aliphatic carbocycles. The van der Waals surface area contributed by atoms with E-state index in [0.717, 1.165) is 5.56 Å². The van der Waals surface area contributed by atoms with Crippen molar-refractivity contribution in [1.29, 1.82) is 0 Å². The Bertz CT molecular complexity index is 347. The molecule has 0 spiro atoms. The van der Waals surface area contributed by atoms with Crippen molar-refractivity contribution in [2.45, 2.75) is 20.3 Å². The molecule has 2 heteroatoms. The molecule has 14 heavy (non-hydrogen) atoms. The normalized spacial score (nSPS) is 11.4. The molecule has 0 saturated carbocycles. The summed E-state index contributed by atoms with van der Waals surface area (Å²) in [6, 6.07) is 8.08. The minimum Gasteiger partial charge on any atom is -0.478 e. The van der Waals surface area contributed by atoms with Crippen LogP contribution in [-0.2, 0) is 11.2 Å². The molecule has 2 nitrogen and oxygen atoms in total. The van der Waals surface area contributed by atoms with Gasteiger partial charge in [0.05, 0.1) is 0 Å². The van der Waals surface area contributed by atoms with Gasteiger partial charge in [0.2, 0.25) is 0 Å². The molecule has 0 aliphatic rings. The van der Waals surface area contributed by atoms with Crippen LogP contribution in [0.1, 0.15) is 18.1 Å². The summed E-state index contributed by atoms with van der Waals surface area (Å²) in [5.41, 5.74) is 2.74. The average Bonchev–Trinajstić information content (AvgIpc) is 2.16. The van der Waals surface area contributed by atoms with Crippen molar-refractivity contribution in [2.24, 2.45) is 0 Å². The van der Waals surface area contributed by atoms with Crippen molar-refractivity contribution in [1.82, 2.24) is 0 Å². The monoisotopic (exact) mass is 190 g/mol. The third-order valence-corrected chi connectivity index (χ3v) is 2.10. The summed E-state index contributed by atoms with van der Waals surface area (Å²) in [6.45, 7) is 3.64. The number of benzene rings is 1. The molecule has 0 aromatic heterocycles. The maximum atomic E-state index is 10.5. The standard InChI is InChI=1S/C12H14O2/c1-9-3-6-11(7-4-9)8-5-10(2)12(13)14/h3-7H,8H2,1-2H3,(H,13,14). The fraction of sp³-hybridized carbons (Fsp3) is 0.250. The number of hydrogen-bond donors (Lipinski definition) is 1. The molecule has 1 N–H and O–H groups in total. The summed E-state index contributed by atoms with van der Waals surface area (Å²) in [7, 11) is 0. The van der Waals surface area contributed by atoms with Gasteiger partial charge in [0.1, 0.15) is 0 Å². The van der Waals surface area contributed by atoms with Gasteiger partial charge in [0.25, 0.3) is 0 Å². The van der Waals surface area contributed by atoms with E-state index in [1.54, 1.807) is 13.0 Å². The van der Waals surface area contributed by atoms with Crippen LogP contribution in [0.25, 0.3) is 0 Å². The number of aliphatic carboxylic acids is 1. The molecule has 1 aromatic rings. The molecule has 0 fully saturated rings. The third-order valence-electron chi connectivity index (χ3n) is 2.10. The zero-order valence-corrected chi connectivity index (χ0v) is 8.45. The Morgan fingerprint density at radius 3 is 2.43 bits per heavy atom. The maximum absolute atomic E-state index is 10.5. The van der Waals surface area contributed by atoms with E-state index < -0.39 is 5.97 Å². The van der Waals surface area contributed by atoms with Crippen LogP contribution in [0.5, 0.6) is 0 Å². The number of allylic oxidation sites excluding steroid dienone is 1. The lowest BCUT2D eigenvalue weighted by Crippen LogP contribution is -1.96. The van der Waals surface area contributed by atoms with Gasteiger partial charge in [-0.05, 0) is 25.8 Å². The zero-order chi connectivity index (χ0) is 10.6. The molecule has 0 saturated heterocycles. The molecule has 0 unspecified atom stereocenters. The van der Waals surface area contributed by atoms with Crippen molar-refractivity contribution in [3.63, 3.8) is 0 Å². The first-order valence-corrected chi connectivity index (χ1v) is 4.55. The summed E-state index contributed by atoms with van der Waals surface area (Å²) in [5, 5.41) is 8.64. The number of hydrogen-bond acceptors (Lipinski definition) is 1. The number of carboxylic acid groups (broad SMARTS) is 1. The molecule has 0 heterocycles. The Morgan fingerprint density at radius 1 is 1.36 bits per heavy atom. The van der Waals surface area contributed by atoms with Gasteiger partial charge >= 0.3 is 5.97 Å². The Hall–Kier alpha value is -1.57. The van der Waals surface area contributed by atoms with Crippen LogP contribution in [0, 0.1) is 6.92 Å². The average molecular weight is 190 g/mol. The Kier molecular flexibility index (Phi) is 3.46. The first kappa shape index (κ1) is 10.5. The van der Waals surface area contributed by atoms with Crippen LogP contribution < -0.4 is 0 Å². The van der Waals surface area contributed by atoms with Gasteiger partial charge < -0.3 is 5.11 Å². The second-order valence-electron chi connectivity index (χ2n) is 3.38. The molecular formula is C12H14O2. The molecule has 0 aliphatic heterocycles. The van der Waals surface area contributed by atoms with E-state index in [2.05, 4.69) is 0 Å². The van der Waals surface area contributed by atoms with Crippen molar-refractivity contribution in [3.05, 3.63) is 47.0 Å². The van der Waals surface area contributed by atoms with E-state index in [1.165, 1.54) is 5.56 Å². The highest BCUT2D eigenvalue weighted by Gasteiger charge is 1.98. The minimum absolute atomic E-state index is 0.394. The second kappa shape index (κ2) is 4.61. The van der Waals surface area contributed by atoms with E-state index in [-0.39, 0.29) is 0 Å². The molecule has 0 atom stereocenters. The Balaban J connectivity index is 2.66. The molecule has 1 rings (SSSR count). The van der Waals surface area contributed by atoms with Gasteiger partial charge in [0.15, 0.2) is 0 Å². The summed E-state index contributed by atoms with van der Waals surface area (Å²) in [4.78, 5) is 10.5. The first-order chi connectivity index (χ1) is 6.59. The van der Waals surface area contributed by atoms with Gasteiger partial charge in [0, 0.05) is 5.57 Å². The zero-order valence-electron chi connectivity index (χ0n) is 8.45. The van der Waals surface area contributed by atoms with Crippen LogP contribution in [0.3, 0.4) is 0 Å². The molecule has 0 bridgehead atoms. The summed E-state index contributed by atoms with van der Waals surface area (Å²) >= 11 is 0. The number of carbonyl (C=O) groups is 1. The fourth-order valence-corrected chi connectivity index (χ4v) is 1.08. The topological polar surface area (TPSA) is 37.3 Å². The Labute approximate surface area is 83.9 Å². The molecular weight excluding hydrogens is 176 g/mol. The number of rotatable bonds is 3. The van der Waals surface area contributed by atoms with Crippen molar-refractivity contribution >= 4 is 5.97 Å². The highest BCUT2D eigenvalue weighted by atomic mass is 16.4. The quantitative estimate of drug-likeness (QED) is 0.744. The largest absolute Gasteiger partial charge is 0.478 e. The third kappa shape index (κ3) is 3.05. The summed E-state index contributed by atoms with van der Waals surface area (Å²) in [6.07, 6.45) is 2.41. The van der Waals surface area contributed by atoms with Gasteiger partial charge in [-0.3, -0.25) is 0 Å². The van der Waals surface area contributed by atoms with Crippen molar-refractivity contribution < 1.29 is 9.90 Å². The number of carboxylic acids is 1. The molecule has 1 aromatic carbocycles. The predicted molar refractivity (Wildman–Crippen MR) is 56.3 cm³/mol. The molecule has 0 radical (unpaired) electrons. The summed E-state index contributed by atoms with van der Waals surface area (Å²) < 4.78 is 0. The highest BCUT2D eigenvalue weighted by Crippen LogP contribution is 2.05. The SMILES string of the molecule is CC(=CCc1ccc(C)cc1)C(=O)O. The van der Waals surface area contributed by atoms with Crippen molar-refractivity contribution in [3.8, 4) is 0 Å². The number of aryl methyl sites for hydroxylation is 1. The lowest BCUT2D eigenvalue weighted by atomic mass is 10.1. The van der Waals surface area contributed by atoms with Crippen LogP contribution in [-0.4, -0.2) is 11.1 Å². The lowest BCUT2D eigenvalue weighted by Gasteiger charge is -1.98. The van der Waals surface area contributed by atoms with Crippen LogP contribution in [0.2, 0.25) is 0 Å². The van der Waals surface area contributed by atoms with Gasteiger partial charge in [-0.25, -0.2) is 4.79 Å². The summed E-state index contributed by atoms with van der Waals surface area (Å²) in [5.74, 6) is -0.850. The van der Waals surface area contributed by atoms with Gasteiger partial charge in [-0.2, -0.15) is 0 Å². The van der Waals surface area contributed by atoms with Gasteiger partial charge in [-0.1, -0.05) is 35.9 Å². The Morgan fingerprint density at radius 2 is 1.93 bits per heavy atom. The highest BCUT2D eigenvalue weighted by molar-refractivity contribution is 5.85. The van der Waals surface area contributed by atoms with Crippen molar-refractivity contribution in [2.75, 3.05) is 0 Å². The van der Waals surface area contributed by atoms with Gasteiger partial charge in [-0.15, -0.1) is 0 Å².